The Kier molecular flexibility index (Phi) is 5.87. The number of ether oxygens (including phenoxy) is 2. The predicted octanol–water partition coefficient (Wildman–Crippen LogP) is 1.19. The molecule has 1 heterocycles. The summed E-state index contributed by atoms with van der Waals surface area (Å²) in [5.41, 5.74) is 0.656. The summed E-state index contributed by atoms with van der Waals surface area (Å²) in [4.78, 5) is 37.3. The van der Waals surface area contributed by atoms with Gasteiger partial charge in [-0.25, -0.2) is 4.79 Å². The van der Waals surface area contributed by atoms with Crippen LogP contribution in [0.25, 0.3) is 0 Å². The number of carbonyl (C=O) groups is 3. The predicted molar refractivity (Wildman–Crippen MR) is 93.7 cm³/mol. The number of hydrogen-bond acceptors (Lipinski definition) is 6. The highest BCUT2D eigenvalue weighted by atomic mass is 32.1. The number of nitrogens with zero attached hydrogens (tertiary/aromatic N) is 1. The van der Waals surface area contributed by atoms with E-state index in [1.165, 1.54) is 7.11 Å². The lowest BCUT2D eigenvalue weighted by Crippen LogP contribution is -2.67. The minimum Gasteiger partial charge on any atom is -0.484 e. The fraction of sp³-hybridized carbons (Fsp3) is 0.294. The van der Waals surface area contributed by atoms with E-state index in [0.717, 1.165) is 4.90 Å². The van der Waals surface area contributed by atoms with E-state index in [2.05, 4.69) is 10.1 Å². The van der Waals surface area contributed by atoms with Crippen molar-refractivity contribution in [2.24, 2.45) is 0 Å². The molecule has 1 fully saturated rings. The third-order valence-corrected chi connectivity index (χ3v) is 3.85. The molecule has 1 unspecified atom stereocenters. The number of amides is 2. The van der Waals surface area contributed by atoms with E-state index >= 15 is 0 Å². The van der Waals surface area contributed by atoms with Crippen molar-refractivity contribution >= 4 is 35.0 Å². The van der Waals surface area contributed by atoms with Gasteiger partial charge in [0.1, 0.15) is 16.4 Å². The molecule has 1 aromatic rings. The fourth-order valence-electron chi connectivity index (χ4n) is 2.23. The molecule has 0 saturated carbocycles. The molecule has 8 heteroatoms. The van der Waals surface area contributed by atoms with Crippen LogP contribution in [0.5, 0.6) is 5.75 Å². The Morgan fingerprint density at radius 3 is 2.40 bits per heavy atom. The zero-order valence-corrected chi connectivity index (χ0v) is 14.9. The molecule has 1 aliphatic heterocycles. The second kappa shape index (κ2) is 7.89. The van der Waals surface area contributed by atoms with Gasteiger partial charge in [0.2, 0.25) is 0 Å². The number of nitrogens with one attached hydrogen (secondary N) is 1. The molecule has 1 N–H and O–H groups in total. The van der Waals surface area contributed by atoms with Gasteiger partial charge in [0.25, 0.3) is 11.8 Å². The number of benzene rings is 1. The van der Waals surface area contributed by atoms with Crippen molar-refractivity contribution in [3.8, 4) is 5.75 Å². The van der Waals surface area contributed by atoms with Crippen molar-refractivity contribution in [2.75, 3.05) is 13.7 Å². The van der Waals surface area contributed by atoms with Gasteiger partial charge >= 0.3 is 5.97 Å². The monoisotopic (exact) mass is 362 g/mol. The fourth-order valence-corrected chi connectivity index (χ4v) is 2.58. The summed E-state index contributed by atoms with van der Waals surface area (Å²) in [6, 6.07) is 7.86. The molecular weight excluding hydrogens is 344 g/mol. The average Bonchev–Trinajstić information content (AvgIpc) is 2.62. The summed E-state index contributed by atoms with van der Waals surface area (Å²) in [5.74, 6) is -1.09. The van der Waals surface area contributed by atoms with E-state index in [9.17, 15) is 14.4 Å². The van der Waals surface area contributed by atoms with E-state index in [1.807, 2.05) is 6.07 Å². The molecule has 0 radical (unpaired) electrons. The van der Waals surface area contributed by atoms with Crippen molar-refractivity contribution < 1.29 is 23.9 Å². The number of likely N-dealkylation sites (tertiary alicyclic amines) is 1. The van der Waals surface area contributed by atoms with Gasteiger partial charge in [-0.15, -0.1) is 0 Å². The quantitative estimate of drug-likeness (QED) is 0.354. The number of β-lactam (4-membered cyclic amide) rings is 1. The summed E-state index contributed by atoms with van der Waals surface area (Å²) < 4.78 is 9.99. The van der Waals surface area contributed by atoms with E-state index in [4.69, 9.17) is 17.0 Å². The largest absolute Gasteiger partial charge is 0.484 e. The van der Waals surface area contributed by atoms with Crippen molar-refractivity contribution in [3.63, 3.8) is 0 Å². The first kappa shape index (κ1) is 18.6. The molecule has 1 aliphatic rings. The van der Waals surface area contributed by atoms with Gasteiger partial charge in [0, 0.05) is 0 Å². The zero-order chi connectivity index (χ0) is 18.6. The summed E-state index contributed by atoms with van der Waals surface area (Å²) in [6.07, 6.45) is 0. The molecule has 0 spiro atoms. The van der Waals surface area contributed by atoms with Gasteiger partial charge in [-0.05, 0) is 31.6 Å². The van der Waals surface area contributed by atoms with Gasteiger partial charge in [-0.1, -0.05) is 30.4 Å². The lowest BCUT2D eigenvalue weighted by molar-refractivity contribution is -0.142. The highest BCUT2D eigenvalue weighted by molar-refractivity contribution is 7.80. The number of esters is 1. The van der Waals surface area contributed by atoms with E-state index in [-0.39, 0.29) is 17.3 Å². The van der Waals surface area contributed by atoms with Crippen LogP contribution >= 0.6 is 12.2 Å². The molecule has 1 atom stereocenters. The van der Waals surface area contributed by atoms with Gasteiger partial charge in [0.05, 0.1) is 7.11 Å². The minimum absolute atomic E-state index is 0.0727. The number of carbonyl (C=O) groups excluding carboxylic acids is 3. The smallest absolute Gasteiger partial charge is 0.355 e. The van der Waals surface area contributed by atoms with Crippen LogP contribution in [0.3, 0.4) is 0 Å². The van der Waals surface area contributed by atoms with E-state index in [1.54, 1.807) is 38.1 Å². The molecule has 1 aromatic carbocycles. The number of hydrogen-bond donors (Lipinski definition) is 1. The summed E-state index contributed by atoms with van der Waals surface area (Å²) in [5, 5.41) is 2.50. The highest BCUT2D eigenvalue weighted by Gasteiger charge is 2.48. The van der Waals surface area contributed by atoms with Crippen molar-refractivity contribution in [1.29, 1.82) is 0 Å². The molecule has 7 nitrogen and oxygen atoms in total. The first-order valence-corrected chi connectivity index (χ1v) is 7.88. The Balaban J connectivity index is 1.96. The minimum atomic E-state index is -0.958. The summed E-state index contributed by atoms with van der Waals surface area (Å²) >= 11 is 5.17. The maximum absolute atomic E-state index is 12.3. The lowest BCUT2D eigenvalue weighted by atomic mass is 10.0. The molecule has 25 heavy (non-hydrogen) atoms. The normalized spacial score (nSPS) is 16.0. The van der Waals surface area contributed by atoms with Crippen LogP contribution in [-0.4, -0.2) is 47.4 Å². The van der Waals surface area contributed by atoms with Crippen molar-refractivity contribution in [3.05, 3.63) is 41.6 Å². The molecular formula is C17H18N2O5S. The Morgan fingerprint density at radius 2 is 1.88 bits per heavy atom. The van der Waals surface area contributed by atoms with Crippen LogP contribution in [0.15, 0.2) is 41.6 Å². The van der Waals surface area contributed by atoms with Crippen LogP contribution < -0.4 is 10.1 Å². The van der Waals surface area contributed by atoms with Crippen LogP contribution in [0, 0.1) is 0 Å². The number of rotatable bonds is 6. The van der Waals surface area contributed by atoms with Crippen LogP contribution in [0.1, 0.15) is 13.8 Å². The third-order valence-electron chi connectivity index (χ3n) is 3.43. The molecule has 0 aromatic heterocycles. The maximum Gasteiger partial charge on any atom is 0.355 e. The van der Waals surface area contributed by atoms with Gasteiger partial charge in [-0.3, -0.25) is 14.5 Å². The SMILES string of the molecule is COC(=O)C(=C(C)C)N1C(=O)C(NC(=O)COc2ccccc2)C1=S. The second-order valence-electron chi connectivity index (χ2n) is 5.45. The second-order valence-corrected chi connectivity index (χ2v) is 5.87. The maximum atomic E-state index is 12.3. The Morgan fingerprint density at radius 1 is 1.24 bits per heavy atom. The summed E-state index contributed by atoms with van der Waals surface area (Å²) in [7, 11) is 1.22. The lowest BCUT2D eigenvalue weighted by Gasteiger charge is -2.39. The highest BCUT2D eigenvalue weighted by Crippen LogP contribution is 2.24. The number of para-hydroxylation sites is 1. The number of methoxy groups -OCH3 is 1. The first-order valence-electron chi connectivity index (χ1n) is 7.47. The third kappa shape index (κ3) is 4.03. The van der Waals surface area contributed by atoms with Crippen molar-refractivity contribution in [1.82, 2.24) is 10.2 Å². The van der Waals surface area contributed by atoms with E-state index < -0.39 is 23.8 Å². The summed E-state index contributed by atoms with van der Waals surface area (Å²) in [6.45, 7) is 3.09. The van der Waals surface area contributed by atoms with Gasteiger partial charge < -0.3 is 14.8 Å². The van der Waals surface area contributed by atoms with Gasteiger partial charge in [0.15, 0.2) is 12.6 Å². The molecule has 0 bridgehead atoms. The zero-order valence-electron chi connectivity index (χ0n) is 14.1. The average molecular weight is 362 g/mol. The molecule has 1 saturated heterocycles. The van der Waals surface area contributed by atoms with Crippen LogP contribution in [0.4, 0.5) is 0 Å². The van der Waals surface area contributed by atoms with E-state index in [0.29, 0.717) is 11.3 Å². The van der Waals surface area contributed by atoms with Gasteiger partial charge in [-0.2, -0.15) is 0 Å². The molecule has 2 amide bonds. The molecule has 2 rings (SSSR count). The van der Waals surface area contributed by atoms with Crippen LogP contribution in [0.2, 0.25) is 0 Å². The van der Waals surface area contributed by atoms with Crippen LogP contribution in [-0.2, 0) is 19.1 Å². The standard InChI is InChI=1S/C17H18N2O5S/c1-10(2)14(17(22)23-3)19-15(21)13(16(19)25)18-12(20)9-24-11-7-5-4-6-8-11/h4-8,13H,9H2,1-3H3,(H,18,20). The Hall–Kier alpha value is -2.74. The Labute approximate surface area is 150 Å². The number of allylic oxidation sites excluding steroid dienone is 1. The first-order chi connectivity index (χ1) is 11.9. The molecule has 0 aliphatic carbocycles. The number of thiocarbonyl (C=S) groups is 1. The Bertz CT molecular complexity index is 725. The topological polar surface area (TPSA) is 84.9 Å². The van der Waals surface area contributed by atoms with Crippen molar-refractivity contribution in [2.45, 2.75) is 19.9 Å². The molecule has 132 valence electrons.